The molecule has 0 unspecified atom stereocenters. The Morgan fingerprint density at radius 3 is 2.55 bits per heavy atom. The first-order valence-electron chi connectivity index (χ1n) is 6.81. The van der Waals surface area contributed by atoms with Gasteiger partial charge in [-0.2, -0.15) is 0 Å². The highest BCUT2D eigenvalue weighted by Gasteiger charge is 2.28. The predicted octanol–water partition coefficient (Wildman–Crippen LogP) is 0.894. The van der Waals surface area contributed by atoms with Crippen molar-refractivity contribution in [2.75, 3.05) is 27.2 Å². The van der Waals surface area contributed by atoms with Crippen LogP contribution in [0.25, 0.3) is 0 Å². The van der Waals surface area contributed by atoms with Gasteiger partial charge in [0.1, 0.15) is 0 Å². The van der Waals surface area contributed by atoms with Crippen molar-refractivity contribution >= 4 is 10.0 Å². The lowest BCUT2D eigenvalue weighted by Gasteiger charge is -2.21. The highest BCUT2D eigenvalue weighted by molar-refractivity contribution is 7.89. The summed E-state index contributed by atoms with van der Waals surface area (Å²) in [5.74, 6) is 0. The molecule has 20 heavy (non-hydrogen) atoms. The standard InChI is InChI=1S/C14H22N2O3S/c1-15(2)20(18,19)14-5-3-4-12(10-14)11-16(8-9-17)13-6-7-13/h3-5,10,13,17H,6-9,11H2,1-2H3. The summed E-state index contributed by atoms with van der Waals surface area (Å²) in [6.07, 6.45) is 2.32. The number of hydrogen-bond donors (Lipinski definition) is 1. The molecule has 0 spiro atoms. The van der Waals surface area contributed by atoms with Crippen LogP contribution in [0.2, 0.25) is 0 Å². The van der Waals surface area contributed by atoms with Crippen molar-refractivity contribution in [1.82, 2.24) is 9.21 Å². The summed E-state index contributed by atoms with van der Waals surface area (Å²) in [6, 6.07) is 7.59. The Hall–Kier alpha value is -0.950. The van der Waals surface area contributed by atoms with E-state index in [1.165, 1.54) is 18.4 Å². The molecule has 1 aromatic carbocycles. The minimum Gasteiger partial charge on any atom is -0.395 e. The molecule has 6 heteroatoms. The summed E-state index contributed by atoms with van der Waals surface area (Å²) in [5, 5.41) is 9.10. The lowest BCUT2D eigenvalue weighted by atomic mass is 10.2. The van der Waals surface area contributed by atoms with Crippen molar-refractivity contribution in [3.05, 3.63) is 29.8 Å². The monoisotopic (exact) mass is 298 g/mol. The smallest absolute Gasteiger partial charge is 0.242 e. The van der Waals surface area contributed by atoms with Crippen molar-refractivity contribution in [2.45, 2.75) is 30.3 Å². The maximum Gasteiger partial charge on any atom is 0.242 e. The van der Waals surface area contributed by atoms with Gasteiger partial charge in [-0.3, -0.25) is 4.90 Å². The third-order valence-electron chi connectivity index (χ3n) is 3.51. The average Bonchev–Trinajstić information content (AvgIpc) is 3.22. The van der Waals surface area contributed by atoms with Crippen molar-refractivity contribution in [3.63, 3.8) is 0 Å². The number of rotatable bonds is 7. The number of sulfonamides is 1. The molecule has 1 aliphatic rings. The lowest BCUT2D eigenvalue weighted by molar-refractivity contribution is 0.183. The zero-order valence-electron chi connectivity index (χ0n) is 12.0. The first-order chi connectivity index (χ1) is 9.45. The fourth-order valence-electron chi connectivity index (χ4n) is 2.21. The highest BCUT2D eigenvalue weighted by atomic mass is 32.2. The molecule has 0 aromatic heterocycles. The largest absolute Gasteiger partial charge is 0.395 e. The van der Waals surface area contributed by atoms with Gasteiger partial charge in [0.2, 0.25) is 10.0 Å². The topological polar surface area (TPSA) is 60.9 Å². The van der Waals surface area contributed by atoms with Crippen LogP contribution in [0.15, 0.2) is 29.2 Å². The molecule has 0 heterocycles. The van der Waals surface area contributed by atoms with Gasteiger partial charge in [0.15, 0.2) is 0 Å². The Kier molecular flexibility index (Phi) is 4.80. The van der Waals surface area contributed by atoms with E-state index >= 15 is 0 Å². The van der Waals surface area contributed by atoms with E-state index in [1.54, 1.807) is 18.2 Å². The van der Waals surface area contributed by atoms with Gasteiger partial charge in [0, 0.05) is 33.2 Å². The normalized spacial score (nSPS) is 16.1. The zero-order valence-corrected chi connectivity index (χ0v) is 12.8. The van der Waals surface area contributed by atoms with Crippen LogP contribution < -0.4 is 0 Å². The minimum atomic E-state index is -3.39. The summed E-state index contributed by atoms with van der Waals surface area (Å²) in [4.78, 5) is 2.53. The summed E-state index contributed by atoms with van der Waals surface area (Å²) in [7, 11) is -0.323. The van der Waals surface area contributed by atoms with E-state index in [0.29, 0.717) is 24.0 Å². The molecule has 1 aliphatic carbocycles. The predicted molar refractivity (Wildman–Crippen MR) is 77.8 cm³/mol. The summed E-state index contributed by atoms with van der Waals surface area (Å²) in [6.45, 7) is 1.45. The molecule has 0 aliphatic heterocycles. The molecular weight excluding hydrogens is 276 g/mol. The van der Waals surface area contributed by atoms with Crippen molar-refractivity contribution in [3.8, 4) is 0 Å². The van der Waals surface area contributed by atoms with Crippen LogP contribution in [0, 0.1) is 0 Å². The van der Waals surface area contributed by atoms with E-state index in [4.69, 9.17) is 5.11 Å². The van der Waals surface area contributed by atoms with Gasteiger partial charge in [0.25, 0.3) is 0 Å². The molecule has 0 radical (unpaired) electrons. The summed E-state index contributed by atoms with van der Waals surface area (Å²) < 4.78 is 25.4. The number of nitrogens with zero attached hydrogens (tertiary/aromatic N) is 2. The van der Waals surface area contributed by atoms with Crippen molar-refractivity contribution in [1.29, 1.82) is 0 Å². The molecule has 0 saturated heterocycles. The fraction of sp³-hybridized carbons (Fsp3) is 0.571. The second kappa shape index (κ2) is 6.22. The maximum atomic E-state index is 12.1. The van der Waals surface area contributed by atoms with E-state index in [-0.39, 0.29) is 6.61 Å². The molecule has 5 nitrogen and oxygen atoms in total. The zero-order chi connectivity index (χ0) is 14.8. The molecular formula is C14H22N2O3S. The lowest BCUT2D eigenvalue weighted by Crippen LogP contribution is -2.28. The molecule has 0 amide bonds. The van der Waals surface area contributed by atoms with Gasteiger partial charge >= 0.3 is 0 Å². The van der Waals surface area contributed by atoms with Crippen LogP contribution >= 0.6 is 0 Å². The maximum absolute atomic E-state index is 12.1. The number of aliphatic hydroxyl groups excluding tert-OH is 1. The SMILES string of the molecule is CN(C)S(=O)(=O)c1cccc(CN(CCO)C2CC2)c1. The molecule has 0 atom stereocenters. The van der Waals surface area contributed by atoms with Gasteiger partial charge in [-0.05, 0) is 30.5 Å². The Bertz CT molecular complexity index is 553. The molecule has 1 N–H and O–H groups in total. The van der Waals surface area contributed by atoms with E-state index in [1.807, 2.05) is 6.07 Å². The summed E-state index contributed by atoms with van der Waals surface area (Å²) >= 11 is 0. The quantitative estimate of drug-likeness (QED) is 0.812. The molecule has 1 saturated carbocycles. The van der Waals surface area contributed by atoms with E-state index in [2.05, 4.69) is 4.90 Å². The van der Waals surface area contributed by atoms with Crippen molar-refractivity contribution < 1.29 is 13.5 Å². The van der Waals surface area contributed by atoms with Crippen LogP contribution in [0.1, 0.15) is 18.4 Å². The van der Waals surface area contributed by atoms with Gasteiger partial charge in [-0.25, -0.2) is 12.7 Å². The molecule has 2 rings (SSSR count). The fourth-order valence-corrected chi connectivity index (χ4v) is 3.18. The average molecular weight is 298 g/mol. The molecule has 1 fully saturated rings. The first-order valence-corrected chi connectivity index (χ1v) is 8.25. The van der Waals surface area contributed by atoms with Crippen molar-refractivity contribution in [2.24, 2.45) is 0 Å². The third kappa shape index (κ3) is 3.58. The van der Waals surface area contributed by atoms with Crippen LogP contribution in [0.5, 0.6) is 0 Å². The van der Waals surface area contributed by atoms with E-state index in [9.17, 15) is 8.42 Å². The van der Waals surface area contributed by atoms with Gasteiger partial charge in [-0.15, -0.1) is 0 Å². The Labute approximate surface area is 120 Å². The summed E-state index contributed by atoms with van der Waals surface area (Å²) in [5.41, 5.74) is 0.966. The Balaban J connectivity index is 2.17. The van der Waals surface area contributed by atoms with Crippen LogP contribution in [-0.4, -0.2) is 56.0 Å². The Morgan fingerprint density at radius 2 is 2.00 bits per heavy atom. The second-order valence-corrected chi connectivity index (χ2v) is 7.51. The number of aliphatic hydroxyl groups is 1. The molecule has 1 aromatic rings. The van der Waals surface area contributed by atoms with E-state index in [0.717, 1.165) is 18.4 Å². The first kappa shape index (κ1) is 15.4. The minimum absolute atomic E-state index is 0.131. The second-order valence-electron chi connectivity index (χ2n) is 5.36. The third-order valence-corrected chi connectivity index (χ3v) is 5.32. The van der Waals surface area contributed by atoms with Crippen LogP contribution in [-0.2, 0) is 16.6 Å². The molecule has 112 valence electrons. The number of hydrogen-bond acceptors (Lipinski definition) is 4. The van der Waals surface area contributed by atoms with Crippen LogP contribution in [0.4, 0.5) is 0 Å². The Morgan fingerprint density at radius 1 is 1.30 bits per heavy atom. The van der Waals surface area contributed by atoms with Gasteiger partial charge < -0.3 is 5.11 Å². The van der Waals surface area contributed by atoms with Gasteiger partial charge in [0.05, 0.1) is 11.5 Å². The van der Waals surface area contributed by atoms with E-state index < -0.39 is 10.0 Å². The van der Waals surface area contributed by atoms with Crippen LogP contribution in [0.3, 0.4) is 0 Å². The van der Waals surface area contributed by atoms with Gasteiger partial charge in [-0.1, -0.05) is 12.1 Å². The molecule has 0 bridgehead atoms. The number of benzene rings is 1. The highest BCUT2D eigenvalue weighted by Crippen LogP contribution is 2.28.